The summed E-state index contributed by atoms with van der Waals surface area (Å²) in [5.41, 5.74) is 1.53. The molecule has 2 fully saturated rings. The molecular formula is C21H24N4O3. The second-order valence-corrected chi connectivity index (χ2v) is 7.71. The minimum Gasteiger partial charge on any atom is -0.493 e. The molecule has 7 nitrogen and oxygen atoms in total. The molecule has 146 valence electrons. The molecule has 0 radical (unpaired) electrons. The highest BCUT2D eigenvalue weighted by molar-refractivity contribution is 5.57. The van der Waals surface area contributed by atoms with Crippen LogP contribution in [0.4, 0.5) is 0 Å². The Morgan fingerprint density at radius 2 is 2.00 bits per heavy atom. The van der Waals surface area contributed by atoms with Gasteiger partial charge in [-0.1, -0.05) is 36.2 Å². The normalized spacial score (nSPS) is 21.2. The average molecular weight is 380 g/mol. The van der Waals surface area contributed by atoms with Gasteiger partial charge >= 0.3 is 0 Å². The molecule has 0 N–H and O–H groups in total. The monoisotopic (exact) mass is 380 g/mol. The first kappa shape index (κ1) is 17.4. The Morgan fingerprint density at radius 1 is 1.18 bits per heavy atom. The highest BCUT2D eigenvalue weighted by atomic mass is 16.5. The van der Waals surface area contributed by atoms with E-state index in [1.165, 1.54) is 12.8 Å². The van der Waals surface area contributed by atoms with E-state index >= 15 is 0 Å². The van der Waals surface area contributed by atoms with Crippen molar-refractivity contribution < 1.29 is 14.0 Å². The molecule has 1 spiro atoms. The van der Waals surface area contributed by atoms with E-state index in [0.29, 0.717) is 17.3 Å². The fourth-order valence-electron chi connectivity index (χ4n) is 4.48. The smallest absolute Gasteiger partial charge is 0.282 e. The Kier molecular flexibility index (Phi) is 4.39. The summed E-state index contributed by atoms with van der Waals surface area (Å²) < 4.78 is 19.0. The zero-order valence-electron chi connectivity index (χ0n) is 16.0. The number of para-hydroxylation sites is 1. The summed E-state index contributed by atoms with van der Waals surface area (Å²) in [6, 6.07) is 9.88. The molecule has 3 aromatic rings. The average Bonchev–Trinajstić information content (AvgIpc) is 3.48. The second kappa shape index (κ2) is 7.05. The number of rotatable bonds is 4. The van der Waals surface area contributed by atoms with Gasteiger partial charge in [-0.3, -0.25) is 0 Å². The molecule has 1 aliphatic heterocycles. The van der Waals surface area contributed by atoms with Crippen molar-refractivity contribution in [2.24, 2.45) is 0 Å². The van der Waals surface area contributed by atoms with Gasteiger partial charge in [-0.25, -0.2) is 4.68 Å². The molecular weight excluding hydrogens is 356 g/mol. The van der Waals surface area contributed by atoms with Gasteiger partial charge in [0.15, 0.2) is 17.3 Å². The van der Waals surface area contributed by atoms with Crippen LogP contribution in [0.15, 0.2) is 41.1 Å². The number of hydrogen-bond donors (Lipinski definition) is 0. The first-order chi connectivity index (χ1) is 13.8. The number of aromatic nitrogens is 4. The number of nitrogens with zero attached hydrogens (tertiary/aromatic N) is 4. The summed E-state index contributed by atoms with van der Waals surface area (Å²) in [5, 5.41) is 8.90. The molecule has 1 aromatic carbocycles. The second-order valence-electron chi connectivity index (χ2n) is 7.71. The SMILES string of the molecule is COc1cn(-c2ccccc2)nc1-c1nc(C2CCOC3(CCCC3)C2)no1. The zero-order chi connectivity index (χ0) is 19.0. The third-order valence-electron chi connectivity index (χ3n) is 5.94. The third-order valence-corrected chi connectivity index (χ3v) is 5.94. The summed E-state index contributed by atoms with van der Waals surface area (Å²) in [5.74, 6) is 2.03. The summed E-state index contributed by atoms with van der Waals surface area (Å²) in [6.45, 7) is 0.764. The fraction of sp³-hybridized carbons (Fsp3) is 0.476. The molecule has 2 aliphatic rings. The first-order valence-corrected chi connectivity index (χ1v) is 9.93. The van der Waals surface area contributed by atoms with E-state index < -0.39 is 0 Å². The van der Waals surface area contributed by atoms with E-state index in [2.05, 4.69) is 15.2 Å². The molecule has 1 atom stereocenters. The van der Waals surface area contributed by atoms with E-state index in [4.69, 9.17) is 14.0 Å². The molecule has 3 heterocycles. The van der Waals surface area contributed by atoms with E-state index in [1.54, 1.807) is 11.8 Å². The maximum atomic E-state index is 6.14. The zero-order valence-corrected chi connectivity index (χ0v) is 16.0. The van der Waals surface area contributed by atoms with Crippen molar-refractivity contribution in [1.29, 1.82) is 0 Å². The first-order valence-electron chi connectivity index (χ1n) is 9.93. The van der Waals surface area contributed by atoms with Gasteiger partial charge in [0.05, 0.1) is 24.6 Å². The highest BCUT2D eigenvalue weighted by Gasteiger charge is 2.41. The largest absolute Gasteiger partial charge is 0.493 e. The van der Waals surface area contributed by atoms with E-state index in [1.807, 2.05) is 36.5 Å². The molecule has 0 amide bonds. The van der Waals surface area contributed by atoms with Gasteiger partial charge in [-0.2, -0.15) is 10.1 Å². The molecule has 1 aliphatic carbocycles. The van der Waals surface area contributed by atoms with Crippen LogP contribution in [0.25, 0.3) is 17.3 Å². The number of methoxy groups -OCH3 is 1. The van der Waals surface area contributed by atoms with Crippen molar-refractivity contribution in [1.82, 2.24) is 19.9 Å². The van der Waals surface area contributed by atoms with Gasteiger partial charge in [0.2, 0.25) is 0 Å². The Morgan fingerprint density at radius 3 is 2.79 bits per heavy atom. The van der Waals surface area contributed by atoms with Gasteiger partial charge in [0.1, 0.15) is 0 Å². The van der Waals surface area contributed by atoms with Gasteiger partial charge in [0, 0.05) is 12.5 Å². The van der Waals surface area contributed by atoms with Crippen molar-refractivity contribution in [3.63, 3.8) is 0 Å². The molecule has 5 rings (SSSR count). The number of ether oxygens (including phenoxy) is 2. The highest BCUT2D eigenvalue weighted by Crippen LogP contribution is 2.45. The third kappa shape index (κ3) is 3.09. The summed E-state index contributed by atoms with van der Waals surface area (Å²) >= 11 is 0. The summed E-state index contributed by atoms with van der Waals surface area (Å²) in [4.78, 5) is 4.69. The molecule has 1 saturated carbocycles. The molecule has 28 heavy (non-hydrogen) atoms. The topological polar surface area (TPSA) is 75.2 Å². The molecule has 2 aromatic heterocycles. The lowest BCUT2D eigenvalue weighted by molar-refractivity contribution is -0.0815. The number of hydrogen-bond acceptors (Lipinski definition) is 6. The maximum Gasteiger partial charge on any atom is 0.282 e. The van der Waals surface area contributed by atoms with E-state index in [-0.39, 0.29) is 11.5 Å². The van der Waals surface area contributed by atoms with Crippen LogP contribution in [0.5, 0.6) is 5.75 Å². The van der Waals surface area contributed by atoms with Crippen molar-refractivity contribution >= 4 is 0 Å². The summed E-state index contributed by atoms with van der Waals surface area (Å²) in [7, 11) is 1.62. The minimum absolute atomic E-state index is 0.0241. The van der Waals surface area contributed by atoms with Gasteiger partial charge in [-0.15, -0.1) is 0 Å². The number of benzene rings is 1. The van der Waals surface area contributed by atoms with Crippen molar-refractivity contribution in [2.75, 3.05) is 13.7 Å². The van der Waals surface area contributed by atoms with E-state index in [0.717, 1.165) is 43.8 Å². The maximum absolute atomic E-state index is 6.14. The van der Waals surface area contributed by atoms with Crippen LogP contribution in [0.3, 0.4) is 0 Å². The van der Waals surface area contributed by atoms with E-state index in [9.17, 15) is 0 Å². The van der Waals surface area contributed by atoms with Gasteiger partial charge in [-0.05, 0) is 37.8 Å². The molecule has 7 heteroatoms. The Balaban J connectivity index is 1.42. The predicted octanol–water partition coefficient (Wildman–Crippen LogP) is 4.14. The predicted molar refractivity (Wildman–Crippen MR) is 103 cm³/mol. The van der Waals surface area contributed by atoms with Crippen LogP contribution < -0.4 is 4.74 Å². The standard InChI is InChI=1S/C21H24N4O3/c1-26-17-14-25(16-7-3-2-4-8-16)23-18(17)20-22-19(24-28-20)15-9-12-27-21(13-15)10-5-6-11-21/h2-4,7-8,14-15H,5-6,9-13H2,1H3. The lowest BCUT2D eigenvalue weighted by Crippen LogP contribution is -2.36. The van der Waals surface area contributed by atoms with Crippen molar-refractivity contribution in [3.05, 3.63) is 42.4 Å². The van der Waals surface area contributed by atoms with Crippen LogP contribution >= 0.6 is 0 Å². The van der Waals surface area contributed by atoms with Gasteiger partial charge < -0.3 is 14.0 Å². The van der Waals surface area contributed by atoms with Gasteiger partial charge in [0.25, 0.3) is 5.89 Å². The Labute approximate surface area is 163 Å². The lowest BCUT2D eigenvalue weighted by Gasteiger charge is -2.37. The molecule has 1 saturated heterocycles. The van der Waals surface area contributed by atoms with Crippen molar-refractivity contribution in [2.45, 2.75) is 50.0 Å². The van der Waals surface area contributed by atoms with Crippen LogP contribution in [0, 0.1) is 0 Å². The lowest BCUT2D eigenvalue weighted by atomic mass is 9.84. The minimum atomic E-state index is 0.0241. The summed E-state index contributed by atoms with van der Waals surface area (Å²) in [6.07, 6.45) is 8.51. The van der Waals surface area contributed by atoms with Crippen LogP contribution in [0.2, 0.25) is 0 Å². The molecule has 0 bridgehead atoms. The Bertz CT molecular complexity index is 944. The fourth-order valence-corrected chi connectivity index (χ4v) is 4.48. The molecule has 1 unspecified atom stereocenters. The van der Waals surface area contributed by atoms with Crippen LogP contribution in [-0.4, -0.2) is 39.2 Å². The quantitative estimate of drug-likeness (QED) is 0.677. The van der Waals surface area contributed by atoms with Crippen LogP contribution in [-0.2, 0) is 4.74 Å². The van der Waals surface area contributed by atoms with Crippen molar-refractivity contribution in [3.8, 4) is 23.0 Å². The van der Waals surface area contributed by atoms with Crippen LogP contribution in [0.1, 0.15) is 50.3 Å². The Hall–Kier alpha value is -2.67.